The Morgan fingerprint density at radius 3 is 1.18 bits per heavy atom. The van der Waals surface area contributed by atoms with Crippen LogP contribution >= 0.6 is 22.7 Å². The summed E-state index contributed by atoms with van der Waals surface area (Å²) < 4.78 is 0. The van der Waals surface area contributed by atoms with Gasteiger partial charge in [-0.05, 0) is 84.1 Å². The van der Waals surface area contributed by atoms with Crippen LogP contribution in [-0.2, 0) is 0 Å². The summed E-state index contributed by atoms with van der Waals surface area (Å²) in [5.41, 5.74) is 15.2. The highest BCUT2D eigenvalue weighted by Crippen LogP contribution is 2.58. The Kier molecular flexibility index (Phi) is 6.27. The summed E-state index contributed by atoms with van der Waals surface area (Å²) in [6, 6.07) is 10.2. The molecule has 178 valence electrons. The molecule has 2 heteroatoms. The van der Waals surface area contributed by atoms with Crippen molar-refractivity contribution in [2.75, 3.05) is 0 Å². The molecule has 2 aromatic heterocycles. The quantitative estimate of drug-likeness (QED) is 0.224. The van der Waals surface area contributed by atoms with Crippen molar-refractivity contribution in [3.63, 3.8) is 0 Å². The SMILES string of the molecule is CCC(CC)=C1c2cc3c(cc2-c2sc(C(C)C)cc21)C(=C(CC)CC)c1cc(C(C)C)sc1-3. The average Bonchev–Trinajstić information content (AvgIpc) is 3.55. The molecule has 0 atom stereocenters. The lowest BCUT2D eigenvalue weighted by Crippen LogP contribution is -1.93. The van der Waals surface area contributed by atoms with Crippen molar-refractivity contribution in [1.29, 1.82) is 0 Å². The van der Waals surface area contributed by atoms with E-state index in [4.69, 9.17) is 0 Å². The molecule has 0 aliphatic heterocycles. The molecule has 2 heterocycles. The van der Waals surface area contributed by atoms with Gasteiger partial charge in [0.15, 0.2) is 0 Å². The highest BCUT2D eigenvalue weighted by atomic mass is 32.1. The van der Waals surface area contributed by atoms with Crippen molar-refractivity contribution >= 4 is 33.8 Å². The van der Waals surface area contributed by atoms with Crippen molar-refractivity contribution in [3.05, 3.63) is 67.4 Å². The lowest BCUT2D eigenvalue weighted by Gasteiger charge is -2.14. The van der Waals surface area contributed by atoms with E-state index in [2.05, 4.69) is 79.7 Å². The second-order valence-corrected chi connectivity index (χ2v) is 12.6. The summed E-state index contributed by atoms with van der Waals surface area (Å²) in [4.78, 5) is 6.03. The van der Waals surface area contributed by atoms with Crippen LogP contribution in [0.15, 0.2) is 35.4 Å². The Morgan fingerprint density at radius 2 is 0.882 bits per heavy atom. The normalized spacial score (nSPS) is 13.6. The molecule has 1 aromatic carbocycles. The fourth-order valence-electron chi connectivity index (χ4n) is 5.81. The summed E-state index contributed by atoms with van der Waals surface area (Å²) in [5.74, 6) is 1.15. The maximum atomic E-state index is 2.57. The van der Waals surface area contributed by atoms with Crippen LogP contribution in [0.5, 0.6) is 0 Å². The van der Waals surface area contributed by atoms with Crippen LogP contribution in [0.2, 0.25) is 0 Å². The van der Waals surface area contributed by atoms with Gasteiger partial charge < -0.3 is 0 Å². The largest absolute Gasteiger partial charge is 0.139 e. The molecule has 0 nitrogen and oxygen atoms in total. The molecule has 0 amide bonds. The van der Waals surface area contributed by atoms with Gasteiger partial charge in [-0.25, -0.2) is 0 Å². The van der Waals surface area contributed by atoms with Crippen LogP contribution in [0.25, 0.3) is 32.0 Å². The molecule has 0 saturated carbocycles. The minimum absolute atomic E-state index is 0.574. The standard InChI is InChI=1S/C32H38S2/c1-9-19(10-2)29-21-13-24-22(14-23(21)31-25(29)15-27(33-31)17(5)6)30(20(11-3)12-4)26-16-28(18(7)8)34-32(24)26/h13-18H,9-12H2,1-8H3. The number of hydrogen-bond acceptors (Lipinski definition) is 2. The van der Waals surface area contributed by atoms with Crippen molar-refractivity contribution in [2.45, 2.75) is 92.9 Å². The van der Waals surface area contributed by atoms with Crippen LogP contribution in [0.4, 0.5) is 0 Å². The molecule has 5 rings (SSSR count). The van der Waals surface area contributed by atoms with Crippen LogP contribution in [0.3, 0.4) is 0 Å². The van der Waals surface area contributed by atoms with Gasteiger partial charge in [0, 0.05) is 41.8 Å². The van der Waals surface area contributed by atoms with Gasteiger partial charge in [0.2, 0.25) is 0 Å². The van der Waals surface area contributed by atoms with Crippen LogP contribution in [0, 0.1) is 0 Å². The Labute approximate surface area is 214 Å². The van der Waals surface area contributed by atoms with Gasteiger partial charge in [0.25, 0.3) is 0 Å². The predicted octanol–water partition coefficient (Wildman–Crippen LogP) is 11.3. The van der Waals surface area contributed by atoms with Crippen molar-refractivity contribution < 1.29 is 0 Å². The third-order valence-electron chi connectivity index (χ3n) is 7.78. The summed E-state index contributed by atoms with van der Waals surface area (Å²) in [7, 11) is 0. The number of benzene rings is 1. The van der Waals surface area contributed by atoms with Crippen molar-refractivity contribution in [1.82, 2.24) is 0 Å². The van der Waals surface area contributed by atoms with Crippen molar-refractivity contribution in [3.8, 4) is 20.9 Å². The molecular formula is C32H38S2. The topological polar surface area (TPSA) is 0 Å². The lowest BCUT2D eigenvalue weighted by atomic mass is 9.90. The van der Waals surface area contributed by atoms with Gasteiger partial charge in [-0.15, -0.1) is 22.7 Å². The van der Waals surface area contributed by atoms with Gasteiger partial charge in [0.05, 0.1) is 0 Å². The van der Waals surface area contributed by atoms with E-state index in [1.54, 1.807) is 11.1 Å². The molecule has 2 aliphatic carbocycles. The monoisotopic (exact) mass is 486 g/mol. The second kappa shape index (κ2) is 8.95. The molecule has 0 N–H and O–H groups in total. The molecule has 3 aromatic rings. The first-order chi connectivity index (χ1) is 16.3. The first-order valence-electron chi connectivity index (χ1n) is 13.3. The molecule has 0 fully saturated rings. The molecular weight excluding hydrogens is 448 g/mol. The maximum absolute atomic E-state index is 2.57. The first kappa shape index (κ1) is 23.8. The van der Waals surface area contributed by atoms with Crippen LogP contribution < -0.4 is 0 Å². The second-order valence-electron chi connectivity index (χ2n) is 10.4. The van der Waals surface area contributed by atoms with E-state index in [0.717, 1.165) is 25.7 Å². The average molecular weight is 487 g/mol. The Morgan fingerprint density at radius 1 is 0.529 bits per heavy atom. The molecule has 0 radical (unpaired) electrons. The number of thiophene rings is 2. The van der Waals surface area contributed by atoms with Crippen LogP contribution in [-0.4, -0.2) is 0 Å². The number of rotatable bonds is 6. The van der Waals surface area contributed by atoms with Gasteiger partial charge in [0.1, 0.15) is 0 Å². The van der Waals surface area contributed by atoms with E-state index in [9.17, 15) is 0 Å². The van der Waals surface area contributed by atoms with Gasteiger partial charge in [-0.2, -0.15) is 0 Å². The van der Waals surface area contributed by atoms with E-state index < -0.39 is 0 Å². The van der Waals surface area contributed by atoms with Crippen molar-refractivity contribution in [2.24, 2.45) is 0 Å². The molecule has 0 unspecified atom stereocenters. The highest BCUT2D eigenvalue weighted by Gasteiger charge is 2.35. The fraction of sp³-hybridized carbons (Fsp3) is 0.438. The fourth-order valence-corrected chi connectivity index (χ4v) is 8.20. The van der Waals surface area contributed by atoms with Gasteiger partial charge >= 0.3 is 0 Å². The molecule has 0 saturated heterocycles. The first-order valence-corrected chi connectivity index (χ1v) is 14.9. The van der Waals surface area contributed by atoms with E-state index in [1.807, 2.05) is 22.7 Å². The third-order valence-corrected chi connectivity index (χ3v) is 10.7. The van der Waals surface area contributed by atoms with Gasteiger partial charge in [-0.1, -0.05) is 66.5 Å². The zero-order valence-corrected chi connectivity index (χ0v) is 23.7. The zero-order valence-electron chi connectivity index (χ0n) is 22.1. The minimum Gasteiger partial charge on any atom is -0.139 e. The molecule has 0 bridgehead atoms. The maximum Gasteiger partial charge on any atom is 0.0430 e. The zero-order chi connectivity index (χ0) is 24.3. The smallest absolute Gasteiger partial charge is 0.0430 e. The van der Waals surface area contributed by atoms with E-state index in [1.165, 1.54) is 64.0 Å². The van der Waals surface area contributed by atoms with E-state index >= 15 is 0 Å². The lowest BCUT2D eigenvalue weighted by molar-refractivity contribution is 0.889. The summed E-state index contributed by atoms with van der Waals surface area (Å²) in [5, 5.41) is 0. The molecule has 34 heavy (non-hydrogen) atoms. The van der Waals surface area contributed by atoms with Crippen LogP contribution in [0.1, 0.15) is 125 Å². The summed E-state index contributed by atoms with van der Waals surface area (Å²) in [6.45, 7) is 18.6. The molecule has 0 spiro atoms. The Balaban J connectivity index is 1.84. The van der Waals surface area contributed by atoms with Gasteiger partial charge in [-0.3, -0.25) is 0 Å². The number of hydrogen-bond donors (Lipinski definition) is 0. The predicted molar refractivity (Wildman–Crippen MR) is 154 cm³/mol. The number of allylic oxidation sites excluding steroid dienone is 2. The summed E-state index contributed by atoms with van der Waals surface area (Å²) in [6.07, 6.45) is 4.49. The number of fused-ring (bicyclic) bond motifs is 6. The minimum atomic E-state index is 0.574. The Hall–Kier alpha value is -1.90. The Bertz CT molecular complexity index is 1220. The van der Waals surface area contributed by atoms with E-state index in [0.29, 0.717) is 11.8 Å². The molecule has 2 aliphatic rings. The third kappa shape index (κ3) is 3.44. The van der Waals surface area contributed by atoms with E-state index in [-0.39, 0.29) is 0 Å². The summed E-state index contributed by atoms with van der Waals surface area (Å²) >= 11 is 4.05. The highest BCUT2D eigenvalue weighted by molar-refractivity contribution is 7.16.